The second-order valence-electron chi connectivity index (χ2n) is 11.1. The van der Waals surface area contributed by atoms with E-state index in [0.717, 1.165) is 25.1 Å². The Kier molecular flexibility index (Phi) is 6.16. The predicted octanol–water partition coefficient (Wildman–Crippen LogP) is 3.51. The number of alkyl halides is 1. The van der Waals surface area contributed by atoms with Crippen molar-refractivity contribution in [1.82, 2.24) is 19.5 Å². The zero-order chi connectivity index (χ0) is 28.4. The molecule has 212 valence electrons. The Morgan fingerprint density at radius 2 is 1.68 bits per heavy atom. The molecule has 0 bridgehead atoms. The summed E-state index contributed by atoms with van der Waals surface area (Å²) in [6, 6.07) is 15.0. The molecule has 2 aromatic carbocycles. The molecule has 7 rings (SSSR count). The van der Waals surface area contributed by atoms with Crippen molar-refractivity contribution in [3.8, 4) is 11.3 Å². The van der Waals surface area contributed by atoms with Crippen LogP contribution < -0.4 is 9.80 Å². The maximum atomic E-state index is 15.4. The average molecular weight is 561 g/mol. The maximum Gasteiger partial charge on any atom is 0.273 e. The molecule has 0 unspecified atom stereocenters. The summed E-state index contributed by atoms with van der Waals surface area (Å²) in [6.07, 6.45) is -2.04. The van der Waals surface area contributed by atoms with Crippen molar-refractivity contribution in [3.05, 3.63) is 77.2 Å². The summed E-state index contributed by atoms with van der Waals surface area (Å²) in [5.41, 5.74) is 3.16. The van der Waals surface area contributed by atoms with Crippen molar-refractivity contribution in [2.24, 2.45) is 0 Å². The van der Waals surface area contributed by atoms with Gasteiger partial charge in [-0.1, -0.05) is 24.3 Å². The number of halogens is 2. The Morgan fingerprint density at radius 1 is 0.951 bits per heavy atom. The minimum Gasteiger partial charge on any atom is -0.389 e. The van der Waals surface area contributed by atoms with Crippen LogP contribution >= 0.6 is 0 Å². The zero-order valence-corrected chi connectivity index (χ0v) is 22.5. The van der Waals surface area contributed by atoms with Gasteiger partial charge in [0.1, 0.15) is 23.5 Å². The lowest BCUT2D eigenvalue weighted by Gasteiger charge is -2.37. The smallest absolute Gasteiger partial charge is 0.273 e. The molecule has 5 heterocycles. The minimum atomic E-state index is -1.29. The van der Waals surface area contributed by atoms with Gasteiger partial charge in [-0.25, -0.2) is 13.8 Å². The van der Waals surface area contributed by atoms with Crippen LogP contribution in [-0.4, -0.2) is 80.5 Å². The third-order valence-corrected chi connectivity index (χ3v) is 8.53. The van der Waals surface area contributed by atoms with Gasteiger partial charge in [-0.05, 0) is 42.7 Å². The highest BCUT2D eigenvalue weighted by molar-refractivity contribution is 5.94. The lowest BCUT2D eigenvalue weighted by atomic mass is 9.92. The van der Waals surface area contributed by atoms with Crippen LogP contribution in [0.2, 0.25) is 0 Å². The normalized spacial score (nSPS) is 24.1. The zero-order valence-electron chi connectivity index (χ0n) is 22.5. The number of nitrogens with zero attached hydrogens (tertiary/aromatic N) is 6. The number of rotatable bonds is 4. The first kappa shape index (κ1) is 25.8. The average Bonchev–Trinajstić information content (AvgIpc) is 3.52. The molecule has 0 radical (unpaired) electrons. The highest BCUT2D eigenvalue weighted by Crippen LogP contribution is 2.38. The van der Waals surface area contributed by atoms with E-state index >= 15 is 8.78 Å². The quantitative estimate of drug-likeness (QED) is 0.394. The van der Waals surface area contributed by atoms with Gasteiger partial charge in [-0.15, -0.1) is 0 Å². The van der Waals surface area contributed by atoms with Crippen molar-refractivity contribution in [2.75, 3.05) is 42.5 Å². The molecule has 1 amide bonds. The lowest BCUT2D eigenvalue weighted by Crippen LogP contribution is -2.41. The van der Waals surface area contributed by atoms with Gasteiger partial charge in [0.15, 0.2) is 5.65 Å². The number of β-amino-alcohol motifs (C(OH)–C–C–N with tert-alkyl or cyclic N) is 2. The van der Waals surface area contributed by atoms with Crippen molar-refractivity contribution in [3.63, 3.8) is 0 Å². The van der Waals surface area contributed by atoms with Crippen molar-refractivity contribution < 1.29 is 23.8 Å². The number of benzene rings is 2. The molecule has 2 aromatic heterocycles. The van der Waals surface area contributed by atoms with E-state index in [1.807, 2.05) is 19.1 Å². The van der Waals surface area contributed by atoms with Gasteiger partial charge >= 0.3 is 0 Å². The Hall–Kier alpha value is -4.09. The van der Waals surface area contributed by atoms with Gasteiger partial charge in [-0.2, -0.15) is 9.61 Å². The first-order valence-corrected chi connectivity index (χ1v) is 13.9. The van der Waals surface area contributed by atoms with Gasteiger partial charge in [0, 0.05) is 49.6 Å². The van der Waals surface area contributed by atoms with E-state index in [1.54, 1.807) is 45.8 Å². The van der Waals surface area contributed by atoms with Crippen LogP contribution in [0.5, 0.6) is 0 Å². The summed E-state index contributed by atoms with van der Waals surface area (Å²) >= 11 is 0. The lowest BCUT2D eigenvalue weighted by molar-refractivity contribution is 0.0572. The molecule has 2 N–H and O–H groups in total. The summed E-state index contributed by atoms with van der Waals surface area (Å²) in [6.45, 7) is 3.86. The molecule has 11 heteroatoms. The van der Waals surface area contributed by atoms with Crippen LogP contribution in [0, 0.1) is 5.82 Å². The standard InChI is InChI=1S/C30H30F2N6O3/c1-17-19-5-2-3-6-20(19)23(32)14-37(17)30(41)25-13-29(35-9-4-10-35)38-28(33-25)12-24(34-38)21-8-7-18(11-22(21)31)36-15-26(39)27(40)16-36/h2-3,5-8,11-13,17,23,26-27,39-40H,4,9-10,14-16H2,1H3/t17-,23-,26-,27-/m1/s1. The number of carbonyl (C=O) groups excluding carboxylic acids is 1. The minimum absolute atomic E-state index is 0.0595. The molecule has 9 nitrogen and oxygen atoms in total. The number of hydrogen-bond acceptors (Lipinski definition) is 7. The van der Waals surface area contributed by atoms with Crippen molar-refractivity contribution in [1.29, 1.82) is 0 Å². The van der Waals surface area contributed by atoms with Gasteiger partial charge in [0.2, 0.25) is 0 Å². The molecule has 41 heavy (non-hydrogen) atoms. The molecule has 2 fully saturated rings. The number of aliphatic hydroxyl groups is 2. The first-order chi connectivity index (χ1) is 19.8. The number of anilines is 2. The Labute approximate surface area is 235 Å². The van der Waals surface area contributed by atoms with Gasteiger partial charge in [0.25, 0.3) is 5.91 Å². The van der Waals surface area contributed by atoms with Crippen LogP contribution in [0.1, 0.15) is 47.2 Å². The number of amides is 1. The monoisotopic (exact) mass is 560 g/mol. The van der Waals surface area contributed by atoms with Gasteiger partial charge in [0.05, 0.1) is 30.5 Å². The second-order valence-corrected chi connectivity index (χ2v) is 11.1. The van der Waals surface area contributed by atoms with E-state index < -0.39 is 24.2 Å². The van der Waals surface area contributed by atoms with E-state index in [2.05, 4.69) is 15.0 Å². The number of carbonyl (C=O) groups is 1. The predicted molar refractivity (Wildman–Crippen MR) is 149 cm³/mol. The second kappa shape index (κ2) is 9.78. The molecule has 0 spiro atoms. The van der Waals surface area contributed by atoms with E-state index in [1.165, 1.54) is 11.0 Å². The summed E-state index contributed by atoms with van der Waals surface area (Å²) in [7, 11) is 0. The highest BCUT2D eigenvalue weighted by atomic mass is 19.1. The summed E-state index contributed by atoms with van der Waals surface area (Å²) < 4.78 is 32.1. The topological polar surface area (TPSA) is 97.4 Å². The number of aromatic nitrogens is 3. The fraction of sp³-hybridized carbons (Fsp3) is 0.367. The fourth-order valence-electron chi connectivity index (χ4n) is 6.04. The van der Waals surface area contributed by atoms with Crippen molar-refractivity contribution >= 4 is 23.1 Å². The van der Waals surface area contributed by atoms with Gasteiger partial charge < -0.3 is 24.9 Å². The molecular formula is C30H30F2N6O3. The van der Waals surface area contributed by atoms with Crippen LogP contribution in [0.4, 0.5) is 20.3 Å². The molecule has 2 saturated heterocycles. The Bertz CT molecular complexity index is 1650. The number of fused-ring (bicyclic) bond motifs is 2. The third kappa shape index (κ3) is 4.31. The maximum absolute atomic E-state index is 15.4. The van der Waals surface area contributed by atoms with E-state index in [0.29, 0.717) is 28.4 Å². The Balaban J connectivity index is 1.24. The number of hydrogen-bond donors (Lipinski definition) is 2. The van der Waals surface area contributed by atoms with E-state index in [9.17, 15) is 15.0 Å². The van der Waals surface area contributed by atoms with Crippen molar-refractivity contribution in [2.45, 2.75) is 37.8 Å². The fourth-order valence-corrected chi connectivity index (χ4v) is 6.04. The largest absolute Gasteiger partial charge is 0.389 e. The third-order valence-electron chi connectivity index (χ3n) is 8.53. The van der Waals surface area contributed by atoms with E-state index in [-0.39, 0.29) is 42.8 Å². The summed E-state index contributed by atoms with van der Waals surface area (Å²) in [4.78, 5) is 23.7. The summed E-state index contributed by atoms with van der Waals surface area (Å²) in [5.74, 6) is -0.194. The molecule has 3 aliphatic heterocycles. The number of aliphatic hydroxyl groups excluding tert-OH is 2. The molecule has 4 aromatic rings. The molecule has 0 saturated carbocycles. The SMILES string of the molecule is C[C@@H]1c2ccccc2[C@H](F)CN1C(=O)c1cc(N2CCC2)n2nc(-c3ccc(N4C[C@@H](O)[C@H](O)C4)cc3F)cc2n1. The highest BCUT2D eigenvalue weighted by Gasteiger charge is 2.35. The summed E-state index contributed by atoms with van der Waals surface area (Å²) in [5, 5.41) is 24.4. The first-order valence-electron chi connectivity index (χ1n) is 13.9. The van der Waals surface area contributed by atoms with Crippen LogP contribution in [-0.2, 0) is 0 Å². The Morgan fingerprint density at radius 3 is 2.37 bits per heavy atom. The molecule has 0 aliphatic carbocycles. The van der Waals surface area contributed by atoms with Crippen LogP contribution in [0.15, 0.2) is 54.6 Å². The molecule has 4 atom stereocenters. The van der Waals surface area contributed by atoms with Crippen LogP contribution in [0.25, 0.3) is 16.9 Å². The molecular weight excluding hydrogens is 530 g/mol. The molecule has 3 aliphatic rings. The van der Waals surface area contributed by atoms with Gasteiger partial charge in [-0.3, -0.25) is 4.79 Å². The van der Waals surface area contributed by atoms with Crippen LogP contribution in [0.3, 0.4) is 0 Å². The van der Waals surface area contributed by atoms with E-state index in [4.69, 9.17) is 0 Å².